The van der Waals surface area contributed by atoms with Gasteiger partial charge in [0.15, 0.2) is 34.9 Å². The predicted octanol–water partition coefficient (Wildman–Crippen LogP) is 17.0. The molecule has 15 heterocycles. The zero-order valence-electron chi connectivity index (χ0n) is 62.0. The lowest BCUT2D eigenvalue weighted by atomic mass is 9.91. The molecule has 28 heteroatoms. The predicted molar refractivity (Wildman–Crippen MR) is 412 cm³/mol. The van der Waals surface area contributed by atoms with Crippen molar-refractivity contribution in [2.75, 3.05) is 76.8 Å². The van der Waals surface area contributed by atoms with E-state index in [-0.39, 0.29) is 46.3 Å². The maximum absolute atomic E-state index is 15.0. The Labute approximate surface area is 633 Å². The normalized spacial score (nSPS) is 18.4. The quantitative estimate of drug-likeness (QED) is 0.0720. The number of likely N-dealkylation sites (tertiary alicyclic amines) is 3. The number of aryl methyl sites for hydroxylation is 3. The number of imidazole rings is 3. The number of nitrogens with one attached hydrogen (secondary N) is 2. The Bertz CT molecular complexity index is 5030. The first kappa shape index (κ1) is 74.4. The van der Waals surface area contributed by atoms with Crippen LogP contribution in [0.15, 0.2) is 110 Å². The van der Waals surface area contributed by atoms with Crippen LogP contribution in [0.4, 0.5) is 55.7 Å². The number of pyridine rings is 3. The second kappa shape index (κ2) is 32.2. The Balaban J connectivity index is 0.000000122. The summed E-state index contributed by atoms with van der Waals surface area (Å²) in [4.78, 5) is 58.1. The van der Waals surface area contributed by atoms with Gasteiger partial charge in [-0.3, -0.25) is 0 Å². The second-order valence-corrected chi connectivity index (χ2v) is 29.9. The number of hydrogen-bond acceptors (Lipinski definition) is 18. The molecule has 3 saturated heterocycles. The van der Waals surface area contributed by atoms with Crippen LogP contribution in [-0.2, 0) is 19.3 Å². The molecule has 3 unspecified atom stereocenters. The number of halogens is 7. The van der Waals surface area contributed by atoms with Gasteiger partial charge in [0.2, 0.25) is 17.2 Å². The zero-order chi connectivity index (χ0) is 75.7. The van der Waals surface area contributed by atoms with E-state index >= 15 is 8.78 Å². The van der Waals surface area contributed by atoms with Crippen molar-refractivity contribution >= 4 is 74.1 Å². The molecule has 0 radical (unpaired) electrons. The molecule has 21 nitrogen and oxygen atoms in total. The molecule has 4 N–H and O–H groups in total. The van der Waals surface area contributed by atoms with Crippen molar-refractivity contribution in [3.8, 4) is 33.8 Å². The van der Waals surface area contributed by atoms with E-state index in [9.17, 15) is 17.6 Å². The molecule has 6 aliphatic rings. The summed E-state index contributed by atoms with van der Waals surface area (Å²) in [5.41, 5.74) is 13.5. The first-order valence-corrected chi connectivity index (χ1v) is 38.3. The first-order chi connectivity index (χ1) is 52.8. The average Bonchev–Trinajstić information content (AvgIpc) is 1.61. The topological polar surface area (TPSA) is 229 Å². The highest BCUT2D eigenvalue weighted by molar-refractivity contribution is 6.28. The highest BCUT2D eigenvalue weighted by atomic mass is 35.5. The third-order valence-electron chi connectivity index (χ3n) is 22.5. The molecule has 0 amide bonds. The summed E-state index contributed by atoms with van der Waals surface area (Å²) in [5, 5.41) is 6.05. The number of aromatic nitrogens is 15. The van der Waals surface area contributed by atoms with Crippen molar-refractivity contribution in [2.24, 2.45) is 0 Å². The molecule has 6 aliphatic heterocycles. The summed E-state index contributed by atoms with van der Waals surface area (Å²) in [6, 6.07) is 21.9. The van der Waals surface area contributed by atoms with Crippen LogP contribution in [0.1, 0.15) is 168 Å². The van der Waals surface area contributed by atoms with E-state index in [0.717, 1.165) is 146 Å². The van der Waals surface area contributed by atoms with Crippen LogP contribution >= 0.6 is 11.6 Å². The molecule has 3 fully saturated rings. The van der Waals surface area contributed by atoms with Gasteiger partial charge in [-0.25, -0.2) is 86.2 Å². The van der Waals surface area contributed by atoms with E-state index in [2.05, 4.69) is 159 Å². The third-order valence-corrected chi connectivity index (χ3v) is 22.7. The van der Waals surface area contributed by atoms with E-state index in [0.29, 0.717) is 91.0 Å². The number of nitrogens with zero attached hydrogens (tertiary/aromatic N) is 18. The third kappa shape index (κ3) is 15.9. The number of piperidine rings is 3. The molecule has 109 heavy (non-hydrogen) atoms. The van der Waals surface area contributed by atoms with Gasteiger partial charge < -0.3 is 44.8 Å². The largest absolute Gasteiger partial charge is 0.384 e. The number of hydrogen-bond donors (Lipinski definition) is 3. The van der Waals surface area contributed by atoms with Gasteiger partial charge in [-0.05, 0) is 238 Å². The molecular formula is C81H88ClF6N21. The fourth-order valence-electron chi connectivity index (χ4n) is 16.4. The second-order valence-electron chi connectivity index (χ2n) is 29.5. The van der Waals surface area contributed by atoms with Crippen molar-refractivity contribution in [1.82, 2.24) is 88.2 Å². The summed E-state index contributed by atoms with van der Waals surface area (Å²) >= 11 is 5.74. The van der Waals surface area contributed by atoms with Crippen molar-refractivity contribution in [3.63, 3.8) is 0 Å². The fraction of sp³-hybridized carbons (Fsp3) is 0.407. The van der Waals surface area contributed by atoms with Gasteiger partial charge in [0.25, 0.3) is 0 Å². The summed E-state index contributed by atoms with van der Waals surface area (Å²) in [7, 11) is 6.47. The molecule has 3 aromatic carbocycles. The van der Waals surface area contributed by atoms with E-state index in [1.54, 1.807) is 18.2 Å². The van der Waals surface area contributed by atoms with Crippen LogP contribution in [-0.4, -0.2) is 149 Å². The lowest BCUT2D eigenvalue weighted by Crippen LogP contribution is -2.29. The van der Waals surface area contributed by atoms with Crippen LogP contribution in [0, 0.1) is 34.9 Å². The van der Waals surface area contributed by atoms with Crippen LogP contribution in [0.5, 0.6) is 0 Å². The average molecular weight is 1510 g/mol. The maximum Gasteiger partial charge on any atom is 0.229 e. The number of nitrogens with two attached hydrogens (primary N) is 1. The van der Waals surface area contributed by atoms with Crippen LogP contribution < -0.4 is 16.4 Å². The molecule has 0 saturated carbocycles. The van der Waals surface area contributed by atoms with Crippen molar-refractivity contribution in [2.45, 2.75) is 153 Å². The zero-order valence-corrected chi connectivity index (χ0v) is 62.7. The van der Waals surface area contributed by atoms with E-state index in [4.69, 9.17) is 17.3 Å². The Morgan fingerprint density at radius 1 is 0.385 bits per heavy atom. The summed E-state index contributed by atoms with van der Waals surface area (Å²) in [6.07, 6.45) is 24.1. The van der Waals surface area contributed by atoms with E-state index in [1.807, 2.05) is 36.8 Å². The molecule has 3 atom stereocenters. The summed E-state index contributed by atoms with van der Waals surface area (Å²) in [6.45, 7) is 13.0. The highest BCUT2D eigenvalue weighted by Gasteiger charge is 2.31. The molecule has 9 aromatic heterocycles. The highest BCUT2D eigenvalue weighted by Crippen LogP contribution is 2.41. The molecule has 0 bridgehead atoms. The molecule has 566 valence electrons. The SMILES string of the molecule is CCC1CCc2nc3c(F)cc(-c4nc(Cl)ncc4F)cc3n21.CCC1CCc2nc3c(F)cc(-c4nc(Nc5ccc(C6CCN(C)CC6)cn5)ncc4F)cc3n21.CCC1CCc2nc3c(F)cc(-c4nc(Nc5ccc(C6CCN(C)CC6)cn5)ncc4F)cc3n21.CN1CCC(c2ccc(N)nc2)CC1. The summed E-state index contributed by atoms with van der Waals surface area (Å²) < 4.78 is 94.5. The van der Waals surface area contributed by atoms with Gasteiger partial charge in [-0.2, -0.15) is 0 Å². The number of nitrogen functional groups attached to an aromatic ring is 1. The van der Waals surface area contributed by atoms with Gasteiger partial charge in [0.1, 0.15) is 68.6 Å². The Kier molecular flexibility index (Phi) is 22.0. The van der Waals surface area contributed by atoms with E-state index in [1.165, 1.54) is 60.8 Å². The Hall–Kier alpha value is -10.1. The van der Waals surface area contributed by atoms with Gasteiger partial charge >= 0.3 is 0 Å². The minimum absolute atomic E-state index is 0.00704. The van der Waals surface area contributed by atoms with Crippen molar-refractivity contribution < 1.29 is 26.3 Å². The summed E-state index contributed by atoms with van der Waals surface area (Å²) in [5.74, 6) is 3.23. The minimum atomic E-state index is -0.638. The maximum atomic E-state index is 15.0. The first-order valence-electron chi connectivity index (χ1n) is 37.9. The van der Waals surface area contributed by atoms with Crippen LogP contribution in [0.2, 0.25) is 5.28 Å². The van der Waals surface area contributed by atoms with Crippen molar-refractivity contribution in [3.05, 3.63) is 184 Å². The molecule has 12 aromatic rings. The Morgan fingerprint density at radius 3 is 1.04 bits per heavy atom. The van der Waals surface area contributed by atoms with Gasteiger partial charge in [0.05, 0.1) is 35.1 Å². The fourth-order valence-corrected chi connectivity index (χ4v) is 16.5. The van der Waals surface area contributed by atoms with Gasteiger partial charge in [0, 0.05) is 72.7 Å². The van der Waals surface area contributed by atoms with Crippen LogP contribution in [0.3, 0.4) is 0 Å². The number of fused-ring (bicyclic) bond motifs is 9. The molecule has 0 spiro atoms. The smallest absolute Gasteiger partial charge is 0.229 e. The number of benzene rings is 3. The lowest BCUT2D eigenvalue weighted by molar-refractivity contribution is 0.255. The number of rotatable bonds is 13. The monoisotopic (exact) mass is 1500 g/mol. The van der Waals surface area contributed by atoms with E-state index < -0.39 is 34.9 Å². The standard InChI is InChI=1S/2C27H29F2N7.C16H13ClF2N4.C11H17N3/c2*1-3-19-5-7-24-33-26-20(28)12-18(13-22(26)36(19)24)25-21(29)15-31-27(34-25)32-23-6-4-17(14-30-23)16-8-10-35(2)11-9-16;1-2-9-3-4-13-21-15-10(18)5-8(6-12(15)23(9)13)14-11(19)7-20-16(17)22-14;1-14-6-4-9(5-7-14)10-2-3-11(12)13-8-10/h2*4,6,12-16,19H,3,5,7-11H2,1-2H3,(H,30,31,32,34);5-7,9H,2-4H2,1H3;2-3,8-9H,4-7H2,1H3,(H2,12,13). The molecule has 0 aliphatic carbocycles. The van der Waals surface area contributed by atoms with Gasteiger partial charge in [-0.15, -0.1) is 0 Å². The molecule has 18 rings (SSSR count). The Morgan fingerprint density at radius 2 is 0.716 bits per heavy atom. The van der Waals surface area contributed by atoms with Crippen molar-refractivity contribution in [1.29, 1.82) is 0 Å². The minimum Gasteiger partial charge on any atom is -0.384 e. The lowest BCUT2D eigenvalue weighted by Gasteiger charge is -2.29. The van der Waals surface area contributed by atoms with Crippen LogP contribution in [0.25, 0.3) is 66.9 Å². The molecular weight excluding hydrogens is 1420 g/mol. The number of anilines is 5. The van der Waals surface area contributed by atoms with Gasteiger partial charge in [-0.1, -0.05) is 39.0 Å².